The van der Waals surface area contributed by atoms with Crippen molar-refractivity contribution in [3.05, 3.63) is 78.9 Å². The maximum atomic E-state index is 6.96. The van der Waals surface area contributed by atoms with Gasteiger partial charge in [-0.1, -0.05) is 127 Å². The van der Waals surface area contributed by atoms with Crippen LogP contribution in [-0.4, -0.2) is 125 Å². The third kappa shape index (κ3) is 6.27. The third-order valence-corrected chi connectivity index (χ3v) is 16.6. The minimum absolute atomic E-state index is 0.648. The van der Waals surface area contributed by atoms with Crippen molar-refractivity contribution in [3.63, 3.8) is 0 Å². The van der Waals surface area contributed by atoms with Crippen LogP contribution in [0.3, 0.4) is 0 Å². The molecular weight excluding hydrogens is 782 g/mol. The second-order valence-electron chi connectivity index (χ2n) is 18.4. The molecule has 0 saturated heterocycles. The lowest BCUT2D eigenvalue weighted by Crippen LogP contribution is -2.47. The van der Waals surface area contributed by atoms with E-state index in [9.17, 15) is 0 Å². The van der Waals surface area contributed by atoms with Gasteiger partial charge < -0.3 is 4.42 Å². The number of furan rings is 1. The molecule has 3 aromatic heterocycles. The van der Waals surface area contributed by atoms with Crippen LogP contribution in [0.15, 0.2) is 83.3 Å². The van der Waals surface area contributed by atoms with Gasteiger partial charge in [0.2, 0.25) is 0 Å². The lowest BCUT2D eigenvalue weighted by Gasteiger charge is -2.18. The summed E-state index contributed by atoms with van der Waals surface area (Å²) in [4.78, 5) is 16.5. The predicted molar refractivity (Wildman–Crippen MR) is 322 cm³/mol. The minimum atomic E-state index is 0.648. The number of hydrogen-bond acceptors (Lipinski definition) is 5. The Kier molecular flexibility index (Phi) is 10.3. The lowest BCUT2D eigenvalue weighted by atomic mass is 9.64. The number of rotatable bonds is 5. The molecule has 0 spiro atoms. The molecule has 10 aromatic rings. The van der Waals surface area contributed by atoms with Gasteiger partial charge >= 0.3 is 0 Å². The van der Waals surface area contributed by atoms with Crippen LogP contribution >= 0.6 is 11.3 Å². The molecule has 0 bridgehead atoms. The number of thiophene rings is 1. The predicted octanol–water partition coefficient (Wildman–Crippen LogP) is -11.9. The highest BCUT2D eigenvalue weighted by Gasteiger charge is 2.27. The van der Waals surface area contributed by atoms with Crippen molar-refractivity contribution in [2.24, 2.45) is 0 Å². The highest BCUT2D eigenvalue weighted by molar-refractivity contribution is 7.28. The molecule has 7 aromatic carbocycles. The molecular formula is C45H41B14N3OS. The second-order valence-corrected chi connectivity index (χ2v) is 19.4. The monoisotopic (exact) mass is 825 g/mol. The van der Waals surface area contributed by atoms with Gasteiger partial charge in [-0.2, -0.15) is 0 Å². The zero-order chi connectivity index (χ0) is 45.2. The van der Waals surface area contributed by atoms with E-state index in [0.717, 1.165) is 49.9 Å². The molecule has 0 aliphatic heterocycles. The van der Waals surface area contributed by atoms with Gasteiger partial charge in [-0.3, -0.25) is 0 Å². The van der Waals surface area contributed by atoms with E-state index in [1.54, 1.807) is 0 Å². The average molecular weight is 823 g/mol. The van der Waals surface area contributed by atoms with Crippen LogP contribution in [0.2, 0.25) is 0 Å². The molecule has 10 rings (SSSR count). The quantitative estimate of drug-likeness (QED) is 0.162. The van der Waals surface area contributed by atoms with Gasteiger partial charge in [0.25, 0.3) is 0 Å². The van der Waals surface area contributed by atoms with Crippen LogP contribution in [0.1, 0.15) is 0 Å². The molecule has 3 heterocycles. The molecule has 64 heavy (non-hydrogen) atoms. The van der Waals surface area contributed by atoms with Gasteiger partial charge in [-0.05, 0) is 44.6 Å². The van der Waals surface area contributed by atoms with Crippen LogP contribution in [-0.2, 0) is 0 Å². The number of benzene rings is 7. The van der Waals surface area contributed by atoms with E-state index in [1.165, 1.54) is 108 Å². The van der Waals surface area contributed by atoms with Crippen LogP contribution in [0.5, 0.6) is 0 Å². The molecule has 0 amide bonds. The van der Waals surface area contributed by atoms with E-state index in [4.69, 9.17) is 19.4 Å². The average Bonchev–Trinajstić information content (AvgIpc) is 3.92. The van der Waals surface area contributed by atoms with E-state index < -0.39 is 0 Å². The van der Waals surface area contributed by atoms with E-state index in [1.807, 2.05) is 11.3 Å². The zero-order valence-electron chi connectivity index (χ0n) is 39.7. The summed E-state index contributed by atoms with van der Waals surface area (Å²) < 4.78 is 9.54. The first kappa shape index (κ1) is 42.4. The Morgan fingerprint density at radius 3 is 1.36 bits per heavy atom. The normalized spacial score (nSPS) is 11.7. The fraction of sp³-hybridized carbons (Fsp3) is 0. The van der Waals surface area contributed by atoms with E-state index in [2.05, 4.69) is 189 Å². The highest BCUT2D eigenvalue weighted by Crippen LogP contribution is 2.36. The first-order valence-electron chi connectivity index (χ1n) is 22.5. The standard InChI is InChI=1S/C45H41B14N3OS/c46-25-19-20-26(47)33(54)35(56)37(58)40(20)63-39(19)31(52)23(29(25)50)44-60-43(16-11-9-15(10-12-16)18-8-4-7-17(13-18)14-5-2-1-3-6-14)61-45(62-44)24-30(51)32(53)27(48)21-22-28(49)34(55)36(57)38(59)42(22)64-41(21)24/h1-13H,46-59H2. The van der Waals surface area contributed by atoms with Gasteiger partial charge in [0, 0.05) is 36.9 Å². The lowest BCUT2D eigenvalue weighted by molar-refractivity contribution is 0.675. The van der Waals surface area contributed by atoms with Gasteiger partial charge in [-0.25, -0.2) is 15.0 Å². The van der Waals surface area contributed by atoms with Crippen LogP contribution in [0.25, 0.3) is 98.5 Å². The molecule has 0 atom stereocenters. The van der Waals surface area contributed by atoms with Gasteiger partial charge in [0.1, 0.15) is 121 Å². The Balaban J connectivity index is 1.25. The maximum Gasteiger partial charge on any atom is 0.164 e. The third-order valence-electron chi connectivity index (χ3n) is 15.3. The number of hydrogen-bond donors (Lipinski definition) is 0. The molecule has 4 nitrogen and oxygen atoms in total. The van der Waals surface area contributed by atoms with Crippen molar-refractivity contribution < 1.29 is 4.42 Å². The van der Waals surface area contributed by atoms with E-state index in [-0.39, 0.29) is 0 Å². The number of aromatic nitrogens is 3. The first-order chi connectivity index (χ1) is 30.6. The van der Waals surface area contributed by atoms with Gasteiger partial charge in [-0.15, -0.1) is 27.7 Å². The Morgan fingerprint density at radius 2 is 0.734 bits per heavy atom. The Hall–Kier alpha value is -5.52. The van der Waals surface area contributed by atoms with Crippen molar-refractivity contribution in [2.75, 3.05) is 0 Å². The maximum absolute atomic E-state index is 6.96. The Morgan fingerprint density at radius 1 is 0.312 bits per heavy atom. The fourth-order valence-electron chi connectivity index (χ4n) is 10.4. The van der Waals surface area contributed by atoms with Crippen molar-refractivity contribution in [2.45, 2.75) is 0 Å². The summed E-state index contributed by atoms with van der Waals surface area (Å²) in [5, 5.41) is 5.08. The molecule has 0 aliphatic rings. The SMILES string of the molecule is Bc1c(B)c(B)c2c(oc3c(B)c(-c4nc(-c5ccc(-c6cccc(-c7ccccc7)c6)cc5)nc(-c5c(B)c(B)c(B)c6c5sc5c(B)c(B)c(B)c(B)c56)n4)c(B)c(B)c32)c1B. The smallest absolute Gasteiger partial charge is 0.164 e. The largest absolute Gasteiger partial charge is 0.457 e. The van der Waals surface area contributed by atoms with Gasteiger partial charge in [0.15, 0.2) is 17.5 Å². The van der Waals surface area contributed by atoms with Gasteiger partial charge in [0.05, 0.1) is 0 Å². The van der Waals surface area contributed by atoms with E-state index in [0.29, 0.717) is 17.5 Å². The summed E-state index contributed by atoms with van der Waals surface area (Å²) in [6.07, 6.45) is 0. The molecule has 290 valence electrons. The minimum Gasteiger partial charge on any atom is -0.457 e. The Bertz CT molecular complexity index is 3670. The van der Waals surface area contributed by atoms with Crippen LogP contribution < -0.4 is 76.5 Å². The summed E-state index contributed by atoms with van der Waals surface area (Å²) in [7, 11) is 31.4. The van der Waals surface area contributed by atoms with Crippen LogP contribution in [0.4, 0.5) is 0 Å². The topological polar surface area (TPSA) is 51.8 Å². The molecule has 0 saturated carbocycles. The number of nitrogens with zero attached hydrogens (tertiary/aromatic N) is 3. The van der Waals surface area contributed by atoms with Crippen molar-refractivity contribution in [1.82, 2.24) is 15.0 Å². The molecule has 0 radical (unpaired) electrons. The van der Waals surface area contributed by atoms with Crippen molar-refractivity contribution in [1.29, 1.82) is 0 Å². The zero-order valence-corrected chi connectivity index (χ0v) is 40.5. The summed E-state index contributed by atoms with van der Waals surface area (Å²) >= 11 is 1.89. The molecule has 19 heteroatoms. The highest BCUT2D eigenvalue weighted by atomic mass is 32.1. The second kappa shape index (κ2) is 15.6. The summed E-state index contributed by atoms with van der Waals surface area (Å²) in [6, 6.07) is 28.0. The summed E-state index contributed by atoms with van der Waals surface area (Å²) in [6.45, 7) is 0. The summed E-state index contributed by atoms with van der Waals surface area (Å²) in [5.74, 6) is 2.00. The van der Waals surface area contributed by atoms with Crippen molar-refractivity contribution in [3.8, 4) is 56.4 Å². The molecule has 0 aliphatic carbocycles. The first-order valence-corrected chi connectivity index (χ1v) is 23.3. The number of fused-ring (bicyclic) bond motifs is 6. The molecule has 0 unspecified atom stereocenters. The Labute approximate surface area is 392 Å². The van der Waals surface area contributed by atoms with Crippen LogP contribution in [0, 0.1) is 0 Å². The van der Waals surface area contributed by atoms with Crippen molar-refractivity contribution >= 4 is 240 Å². The molecule has 0 fully saturated rings. The summed E-state index contributed by atoms with van der Waals surface area (Å²) in [5.41, 5.74) is 27.3. The van der Waals surface area contributed by atoms with E-state index >= 15 is 0 Å². The molecule has 0 N–H and O–H groups in total. The fourth-order valence-corrected chi connectivity index (χ4v) is 11.9.